The van der Waals surface area contributed by atoms with E-state index in [4.69, 9.17) is 11.3 Å². The summed E-state index contributed by atoms with van der Waals surface area (Å²) in [7, 11) is 0. The Morgan fingerprint density at radius 3 is 1.57 bits per heavy atom. The first-order valence-corrected chi connectivity index (χ1v) is 16.4. The second-order valence-electron chi connectivity index (χ2n) is 12.4. The first-order valence-electron chi connectivity index (χ1n) is 18.9. The van der Waals surface area contributed by atoms with E-state index in [9.17, 15) is 0 Å². The van der Waals surface area contributed by atoms with E-state index in [1.807, 2.05) is 60.7 Å². The molecule has 1 heterocycles. The minimum Gasteiger partial charge on any atom is -0.455 e. The second kappa shape index (κ2) is 11.1. The molecule has 1 nitrogen and oxygen atoms in total. The lowest BCUT2D eigenvalue weighted by Gasteiger charge is -2.19. The monoisotopic (exact) mass is 627 g/mol. The second-order valence-corrected chi connectivity index (χ2v) is 12.4. The van der Waals surface area contributed by atoms with Crippen molar-refractivity contribution in [1.82, 2.24) is 0 Å². The van der Waals surface area contributed by atoms with Gasteiger partial charge in [-0.1, -0.05) is 176 Å². The van der Waals surface area contributed by atoms with E-state index >= 15 is 0 Å². The summed E-state index contributed by atoms with van der Waals surface area (Å²) in [5.41, 5.74) is 8.96. The van der Waals surface area contributed by atoms with Gasteiger partial charge in [-0.15, -0.1) is 0 Å². The van der Waals surface area contributed by atoms with E-state index in [1.165, 1.54) is 0 Å². The summed E-state index contributed by atoms with van der Waals surface area (Å²) in [5, 5.41) is 7.83. The van der Waals surface area contributed by atoms with Crippen molar-refractivity contribution in [3.05, 3.63) is 182 Å². The Balaban J connectivity index is 1.26. The smallest absolute Gasteiger partial charge is 0.143 e. The van der Waals surface area contributed by atoms with E-state index in [0.29, 0.717) is 5.56 Å². The van der Waals surface area contributed by atoms with Crippen LogP contribution in [0.5, 0.6) is 0 Å². The van der Waals surface area contributed by atoms with Gasteiger partial charge < -0.3 is 4.42 Å². The number of fused-ring (bicyclic) bond motifs is 6. The van der Waals surface area contributed by atoms with Crippen LogP contribution in [0.2, 0.25) is 0 Å². The van der Waals surface area contributed by atoms with Crippen LogP contribution in [0, 0.1) is 0 Å². The maximum absolute atomic E-state index is 8.93. The zero-order chi connectivity index (χ0) is 36.7. The predicted molar refractivity (Wildman–Crippen MR) is 208 cm³/mol. The van der Waals surface area contributed by atoms with Crippen molar-refractivity contribution in [2.45, 2.75) is 0 Å². The quantitative estimate of drug-likeness (QED) is 0.177. The van der Waals surface area contributed by atoms with Gasteiger partial charge >= 0.3 is 0 Å². The van der Waals surface area contributed by atoms with Gasteiger partial charge in [0.2, 0.25) is 0 Å². The lowest BCUT2D eigenvalue weighted by molar-refractivity contribution is 0.670. The first kappa shape index (κ1) is 23.0. The van der Waals surface area contributed by atoms with Crippen LogP contribution in [0.25, 0.3) is 98.8 Å². The van der Waals surface area contributed by atoms with E-state index in [2.05, 4.69) is 91.0 Å². The van der Waals surface area contributed by atoms with Gasteiger partial charge in [0.15, 0.2) is 0 Å². The van der Waals surface area contributed by atoms with E-state index in [0.717, 1.165) is 87.6 Å². The topological polar surface area (TPSA) is 13.1 Å². The van der Waals surface area contributed by atoms with Gasteiger partial charge in [-0.3, -0.25) is 0 Å². The fraction of sp³-hybridized carbons (Fsp3) is 0. The fourth-order valence-corrected chi connectivity index (χ4v) is 7.73. The summed E-state index contributed by atoms with van der Waals surface area (Å²) in [6, 6.07) is 50.4. The Labute approximate surface area is 291 Å². The van der Waals surface area contributed by atoms with Crippen molar-refractivity contribution in [2.24, 2.45) is 0 Å². The van der Waals surface area contributed by atoms with Crippen molar-refractivity contribution in [3.8, 4) is 44.5 Å². The number of para-hydroxylation sites is 1. The standard InChI is InChI=1S/C48H30O/c1-3-15-31(16-4-1)33-25-13-27-43-47-37(26-14-28-44(47)49-48(33)43)36-29-30-42(35-20-8-7-19-34(35)36)46-40-23-11-9-21-38(40)45(32-17-5-2-6-18-32)39-22-10-12-24-41(39)46/h1-30H/i2D,5D,6D,17D,18D. The summed E-state index contributed by atoms with van der Waals surface area (Å²) in [6.45, 7) is 0. The molecule has 0 amide bonds. The van der Waals surface area contributed by atoms with Gasteiger partial charge in [0.25, 0.3) is 0 Å². The molecule has 0 spiro atoms. The molecule has 0 atom stereocenters. The lowest BCUT2D eigenvalue weighted by Crippen LogP contribution is -1.92. The molecule has 0 saturated heterocycles. The molecular formula is C48H30O. The molecule has 9 aromatic carbocycles. The fourth-order valence-electron chi connectivity index (χ4n) is 7.73. The summed E-state index contributed by atoms with van der Waals surface area (Å²) in [4.78, 5) is 0. The largest absolute Gasteiger partial charge is 0.455 e. The molecule has 0 N–H and O–H groups in total. The Hall–Kier alpha value is -6.44. The minimum atomic E-state index is -0.402. The average molecular weight is 628 g/mol. The zero-order valence-corrected chi connectivity index (χ0v) is 26.3. The summed E-state index contributed by atoms with van der Waals surface area (Å²) in [5.74, 6) is 0. The van der Waals surface area contributed by atoms with Gasteiger partial charge in [0.05, 0.1) is 6.85 Å². The van der Waals surface area contributed by atoms with Crippen molar-refractivity contribution in [2.75, 3.05) is 0 Å². The molecular weight excluding hydrogens is 593 g/mol. The van der Waals surface area contributed by atoms with E-state index in [-0.39, 0.29) is 29.7 Å². The normalized spacial score (nSPS) is 13.1. The number of hydrogen-bond acceptors (Lipinski definition) is 1. The molecule has 0 fully saturated rings. The van der Waals surface area contributed by atoms with E-state index in [1.54, 1.807) is 0 Å². The summed E-state index contributed by atoms with van der Waals surface area (Å²) in [6.07, 6.45) is 0. The maximum Gasteiger partial charge on any atom is 0.143 e. The van der Waals surface area contributed by atoms with Crippen LogP contribution in [0.1, 0.15) is 6.85 Å². The van der Waals surface area contributed by atoms with Crippen molar-refractivity contribution < 1.29 is 11.3 Å². The molecule has 0 saturated carbocycles. The molecule has 0 aliphatic carbocycles. The van der Waals surface area contributed by atoms with Crippen LogP contribution < -0.4 is 0 Å². The molecule has 0 unspecified atom stereocenters. The van der Waals surface area contributed by atoms with Gasteiger partial charge in [0, 0.05) is 16.3 Å². The highest BCUT2D eigenvalue weighted by molar-refractivity contribution is 6.25. The Kier molecular flexibility index (Phi) is 5.20. The van der Waals surface area contributed by atoms with Crippen LogP contribution in [0.3, 0.4) is 0 Å². The first-order chi connectivity index (χ1) is 26.4. The number of benzene rings is 9. The van der Waals surface area contributed by atoms with Crippen molar-refractivity contribution >= 4 is 54.3 Å². The van der Waals surface area contributed by atoms with Crippen LogP contribution >= 0.6 is 0 Å². The summed E-state index contributed by atoms with van der Waals surface area (Å²) < 4.78 is 49.7. The molecule has 10 rings (SSSR count). The van der Waals surface area contributed by atoms with Crippen molar-refractivity contribution in [1.29, 1.82) is 0 Å². The molecule has 49 heavy (non-hydrogen) atoms. The highest BCUT2D eigenvalue weighted by Gasteiger charge is 2.21. The molecule has 0 bridgehead atoms. The molecule has 1 aromatic heterocycles. The van der Waals surface area contributed by atoms with E-state index < -0.39 is 6.04 Å². The Morgan fingerprint density at radius 2 is 0.878 bits per heavy atom. The minimum absolute atomic E-state index is 0.205. The third kappa shape index (κ3) is 4.26. The van der Waals surface area contributed by atoms with Crippen LogP contribution in [-0.2, 0) is 0 Å². The van der Waals surface area contributed by atoms with Gasteiger partial charge in [-0.05, 0) is 77.3 Å². The highest BCUT2D eigenvalue weighted by atomic mass is 16.3. The molecule has 0 aliphatic rings. The Bertz CT molecular complexity index is 3080. The highest BCUT2D eigenvalue weighted by Crippen LogP contribution is 2.48. The molecule has 0 aliphatic heterocycles. The Morgan fingerprint density at radius 1 is 0.347 bits per heavy atom. The molecule has 228 valence electrons. The predicted octanol–water partition coefficient (Wildman–Crippen LogP) is 13.7. The average Bonchev–Trinajstić information content (AvgIpc) is 3.61. The third-order valence-corrected chi connectivity index (χ3v) is 9.77. The zero-order valence-electron chi connectivity index (χ0n) is 31.3. The lowest BCUT2D eigenvalue weighted by atomic mass is 9.83. The van der Waals surface area contributed by atoms with Crippen LogP contribution in [0.15, 0.2) is 186 Å². The number of furan rings is 1. The van der Waals surface area contributed by atoms with Crippen molar-refractivity contribution in [3.63, 3.8) is 0 Å². The third-order valence-electron chi connectivity index (χ3n) is 9.77. The SMILES string of the molecule is [2H]c1c([2H])c([2H])c(-c2c3ccccc3c(-c3ccc(-c4cccc5oc6c(-c7ccccc7)cccc6c45)c4ccccc34)c3ccccc23)c([2H])c1[2H]. The molecule has 0 radical (unpaired) electrons. The number of rotatable bonds is 4. The van der Waals surface area contributed by atoms with Gasteiger partial charge in [0.1, 0.15) is 11.2 Å². The molecule has 10 aromatic rings. The molecule has 1 heteroatoms. The van der Waals surface area contributed by atoms with Crippen LogP contribution in [-0.4, -0.2) is 0 Å². The summed E-state index contributed by atoms with van der Waals surface area (Å²) >= 11 is 0. The number of hydrogen-bond donors (Lipinski definition) is 0. The maximum atomic E-state index is 8.93. The van der Waals surface area contributed by atoms with Gasteiger partial charge in [-0.25, -0.2) is 0 Å². The van der Waals surface area contributed by atoms with Gasteiger partial charge in [-0.2, -0.15) is 0 Å². The van der Waals surface area contributed by atoms with Crippen LogP contribution in [0.4, 0.5) is 0 Å².